The van der Waals surface area contributed by atoms with E-state index in [4.69, 9.17) is 0 Å². The van der Waals surface area contributed by atoms with Crippen molar-refractivity contribution in [3.05, 3.63) is 71.9 Å². The van der Waals surface area contributed by atoms with E-state index < -0.39 is 9.84 Å². The molecule has 4 rings (SSSR count). The molecule has 1 heterocycles. The number of benzene rings is 2. The Labute approximate surface area is 166 Å². The molecule has 1 fully saturated rings. The molecule has 3 aromatic rings. The molecule has 5 heteroatoms. The molecule has 3 unspecified atom stereocenters. The standard InChI is InChI=1S/C23H26N2O2S/c1-16(21-13-14-24-23-6-4-3-5-22(21)23)25-19-10-7-18(15-19)17-8-11-20(12-9-17)28(2,26)27/h3-6,8-9,11-14,16,18-19,25H,7,10,15H2,1-2H3. The Hall–Kier alpha value is -2.24. The van der Waals surface area contributed by atoms with Crippen LogP contribution < -0.4 is 5.32 Å². The number of rotatable bonds is 5. The zero-order valence-corrected chi connectivity index (χ0v) is 17.1. The fourth-order valence-corrected chi connectivity index (χ4v) is 4.99. The van der Waals surface area contributed by atoms with E-state index in [0.29, 0.717) is 16.9 Å². The molecule has 3 atom stereocenters. The summed E-state index contributed by atoms with van der Waals surface area (Å²) in [6, 6.07) is 18.5. The van der Waals surface area contributed by atoms with Crippen molar-refractivity contribution >= 4 is 20.7 Å². The Morgan fingerprint density at radius 2 is 1.79 bits per heavy atom. The van der Waals surface area contributed by atoms with Gasteiger partial charge in [0.05, 0.1) is 10.4 Å². The van der Waals surface area contributed by atoms with Gasteiger partial charge in [0.2, 0.25) is 0 Å². The quantitative estimate of drug-likeness (QED) is 0.686. The Kier molecular flexibility index (Phi) is 5.21. The van der Waals surface area contributed by atoms with Crippen LogP contribution in [0.3, 0.4) is 0 Å². The molecular weight excluding hydrogens is 368 g/mol. The number of pyridine rings is 1. The van der Waals surface area contributed by atoms with Gasteiger partial charge in [-0.05, 0) is 67.5 Å². The number of sulfone groups is 1. The summed E-state index contributed by atoms with van der Waals surface area (Å²) in [7, 11) is -3.14. The summed E-state index contributed by atoms with van der Waals surface area (Å²) in [5.41, 5.74) is 3.55. The van der Waals surface area contributed by atoms with E-state index >= 15 is 0 Å². The number of para-hydroxylation sites is 1. The minimum absolute atomic E-state index is 0.254. The van der Waals surface area contributed by atoms with Gasteiger partial charge < -0.3 is 5.32 Å². The van der Waals surface area contributed by atoms with E-state index in [9.17, 15) is 8.42 Å². The molecule has 0 amide bonds. The normalized spacial score (nSPS) is 21.1. The van der Waals surface area contributed by atoms with Crippen LogP contribution in [-0.2, 0) is 9.84 Å². The number of fused-ring (bicyclic) bond motifs is 1. The van der Waals surface area contributed by atoms with Gasteiger partial charge in [-0.3, -0.25) is 4.98 Å². The van der Waals surface area contributed by atoms with Crippen LogP contribution in [0.2, 0.25) is 0 Å². The van der Waals surface area contributed by atoms with Crippen molar-refractivity contribution in [2.75, 3.05) is 6.26 Å². The lowest BCUT2D eigenvalue weighted by Gasteiger charge is -2.21. The van der Waals surface area contributed by atoms with Crippen LogP contribution in [0.4, 0.5) is 0 Å². The van der Waals surface area contributed by atoms with Gasteiger partial charge in [-0.25, -0.2) is 8.42 Å². The fraction of sp³-hybridized carbons (Fsp3) is 0.348. The summed E-state index contributed by atoms with van der Waals surface area (Å²) in [6.45, 7) is 2.22. The molecule has 0 spiro atoms. The second-order valence-electron chi connectivity index (χ2n) is 7.85. The van der Waals surface area contributed by atoms with Crippen molar-refractivity contribution < 1.29 is 8.42 Å². The van der Waals surface area contributed by atoms with Crippen LogP contribution in [0, 0.1) is 0 Å². The molecule has 0 aliphatic heterocycles. The van der Waals surface area contributed by atoms with Gasteiger partial charge >= 0.3 is 0 Å². The molecule has 28 heavy (non-hydrogen) atoms. The van der Waals surface area contributed by atoms with E-state index in [2.05, 4.69) is 41.5 Å². The maximum atomic E-state index is 11.7. The smallest absolute Gasteiger partial charge is 0.175 e. The van der Waals surface area contributed by atoms with Crippen LogP contribution in [0.15, 0.2) is 65.7 Å². The third-order valence-electron chi connectivity index (χ3n) is 5.85. The Morgan fingerprint density at radius 3 is 2.54 bits per heavy atom. The molecule has 2 aromatic carbocycles. The minimum Gasteiger partial charge on any atom is -0.307 e. The number of aromatic nitrogens is 1. The maximum absolute atomic E-state index is 11.7. The van der Waals surface area contributed by atoms with Gasteiger partial charge in [-0.2, -0.15) is 0 Å². The van der Waals surface area contributed by atoms with Crippen LogP contribution in [-0.4, -0.2) is 25.7 Å². The molecule has 1 N–H and O–H groups in total. The lowest BCUT2D eigenvalue weighted by Crippen LogP contribution is -2.29. The van der Waals surface area contributed by atoms with E-state index in [1.165, 1.54) is 22.8 Å². The predicted molar refractivity (Wildman–Crippen MR) is 113 cm³/mol. The van der Waals surface area contributed by atoms with Crippen molar-refractivity contribution in [3.63, 3.8) is 0 Å². The first-order chi connectivity index (χ1) is 13.4. The van der Waals surface area contributed by atoms with Crippen molar-refractivity contribution in [2.24, 2.45) is 0 Å². The molecule has 1 aliphatic carbocycles. The number of hydrogen-bond acceptors (Lipinski definition) is 4. The number of nitrogens with zero attached hydrogens (tertiary/aromatic N) is 1. The number of nitrogens with one attached hydrogen (secondary N) is 1. The van der Waals surface area contributed by atoms with Crippen molar-refractivity contribution in [1.29, 1.82) is 0 Å². The topological polar surface area (TPSA) is 59.1 Å². The summed E-state index contributed by atoms with van der Waals surface area (Å²) in [4.78, 5) is 4.85. The van der Waals surface area contributed by atoms with Crippen molar-refractivity contribution in [2.45, 2.75) is 49.1 Å². The summed E-state index contributed by atoms with van der Waals surface area (Å²) >= 11 is 0. The van der Waals surface area contributed by atoms with Gasteiger partial charge in [-0.1, -0.05) is 30.3 Å². The molecule has 1 aliphatic rings. The highest BCUT2D eigenvalue weighted by Crippen LogP contribution is 2.36. The largest absolute Gasteiger partial charge is 0.307 e. The monoisotopic (exact) mass is 394 g/mol. The molecule has 0 saturated heterocycles. The first kappa shape index (κ1) is 19.1. The molecule has 146 valence electrons. The minimum atomic E-state index is -3.14. The van der Waals surface area contributed by atoms with Gasteiger partial charge in [0.25, 0.3) is 0 Å². The molecule has 1 saturated carbocycles. The predicted octanol–water partition coefficient (Wildman–Crippen LogP) is 4.63. The molecule has 1 aromatic heterocycles. The first-order valence-corrected chi connectivity index (χ1v) is 11.7. The Morgan fingerprint density at radius 1 is 1.04 bits per heavy atom. The lowest BCUT2D eigenvalue weighted by molar-refractivity contribution is 0.459. The van der Waals surface area contributed by atoms with Gasteiger partial charge in [-0.15, -0.1) is 0 Å². The second kappa shape index (κ2) is 7.64. The van der Waals surface area contributed by atoms with E-state index in [-0.39, 0.29) is 6.04 Å². The van der Waals surface area contributed by atoms with Crippen LogP contribution in [0.1, 0.15) is 49.3 Å². The van der Waals surface area contributed by atoms with Crippen LogP contribution >= 0.6 is 0 Å². The second-order valence-corrected chi connectivity index (χ2v) is 9.87. The molecule has 0 bridgehead atoms. The average molecular weight is 395 g/mol. The summed E-state index contributed by atoms with van der Waals surface area (Å²) in [5, 5.41) is 5.00. The summed E-state index contributed by atoms with van der Waals surface area (Å²) in [5.74, 6) is 0.479. The first-order valence-electron chi connectivity index (χ1n) is 9.81. The Balaban J connectivity index is 1.44. The van der Waals surface area contributed by atoms with Gasteiger partial charge in [0.15, 0.2) is 9.84 Å². The highest BCUT2D eigenvalue weighted by Gasteiger charge is 2.27. The van der Waals surface area contributed by atoms with Crippen molar-refractivity contribution in [3.8, 4) is 0 Å². The van der Waals surface area contributed by atoms with E-state index in [0.717, 1.165) is 24.8 Å². The van der Waals surface area contributed by atoms with E-state index in [1.54, 1.807) is 12.1 Å². The van der Waals surface area contributed by atoms with E-state index in [1.807, 2.05) is 24.4 Å². The zero-order valence-electron chi connectivity index (χ0n) is 16.3. The van der Waals surface area contributed by atoms with Crippen LogP contribution in [0.5, 0.6) is 0 Å². The third-order valence-corrected chi connectivity index (χ3v) is 6.98. The molecule has 4 nitrogen and oxygen atoms in total. The highest BCUT2D eigenvalue weighted by molar-refractivity contribution is 7.90. The van der Waals surface area contributed by atoms with Crippen LogP contribution in [0.25, 0.3) is 10.9 Å². The van der Waals surface area contributed by atoms with Gasteiger partial charge in [0.1, 0.15) is 0 Å². The third kappa shape index (κ3) is 3.96. The Bertz CT molecular complexity index is 1070. The fourth-order valence-electron chi connectivity index (χ4n) is 4.36. The van der Waals surface area contributed by atoms with Crippen molar-refractivity contribution in [1.82, 2.24) is 10.3 Å². The molecule has 0 radical (unpaired) electrons. The maximum Gasteiger partial charge on any atom is 0.175 e. The highest BCUT2D eigenvalue weighted by atomic mass is 32.2. The average Bonchev–Trinajstić information content (AvgIpc) is 3.15. The number of hydrogen-bond donors (Lipinski definition) is 1. The lowest BCUT2D eigenvalue weighted by atomic mass is 9.97. The summed E-state index contributed by atoms with van der Waals surface area (Å²) in [6.07, 6.45) is 6.47. The van der Waals surface area contributed by atoms with Gasteiger partial charge in [0, 0.05) is 29.9 Å². The zero-order chi connectivity index (χ0) is 19.7. The summed E-state index contributed by atoms with van der Waals surface area (Å²) < 4.78 is 23.3. The SMILES string of the molecule is CC(NC1CCC(c2ccc(S(C)(=O)=O)cc2)C1)c1ccnc2ccccc12. The molecular formula is C23H26N2O2S.